The number of piperazine rings is 1. The predicted octanol–water partition coefficient (Wildman–Crippen LogP) is 2.26. The summed E-state index contributed by atoms with van der Waals surface area (Å²) in [5.41, 5.74) is 1.50. The van der Waals surface area contributed by atoms with Crippen molar-refractivity contribution >= 4 is 17.5 Å². The van der Waals surface area contributed by atoms with Gasteiger partial charge >= 0.3 is 0 Å². The second kappa shape index (κ2) is 8.01. The summed E-state index contributed by atoms with van der Waals surface area (Å²) < 4.78 is 10.7. The van der Waals surface area contributed by atoms with Crippen LogP contribution in [0.5, 0.6) is 5.75 Å². The molecule has 0 aromatic heterocycles. The van der Waals surface area contributed by atoms with E-state index in [1.807, 2.05) is 54.6 Å². The van der Waals surface area contributed by atoms with Gasteiger partial charge in [-0.1, -0.05) is 42.5 Å². The second-order valence-corrected chi connectivity index (χ2v) is 6.00. The molecule has 0 spiro atoms. The number of hydrogen-bond acceptors (Lipinski definition) is 4. The lowest BCUT2D eigenvalue weighted by Crippen LogP contribution is -2.53. The van der Waals surface area contributed by atoms with Crippen molar-refractivity contribution < 1.29 is 19.1 Å². The molecule has 3 rings (SSSR count). The number of carbonyl (C=O) groups excluding carboxylic acids is 2. The van der Waals surface area contributed by atoms with Gasteiger partial charge in [-0.3, -0.25) is 9.59 Å². The number of benzene rings is 2. The third-order valence-electron chi connectivity index (χ3n) is 4.47. The highest BCUT2D eigenvalue weighted by Gasteiger charge is 2.33. The fraction of sp³-hybridized carbons (Fsp3) is 0.300. The molecule has 136 valence electrons. The molecule has 1 heterocycles. The highest BCUT2D eigenvalue weighted by molar-refractivity contribution is 5.99. The molecular formula is C20H22N2O4. The molecule has 1 aliphatic heterocycles. The van der Waals surface area contributed by atoms with Crippen LogP contribution < -0.4 is 9.64 Å². The predicted molar refractivity (Wildman–Crippen MR) is 98.1 cm³/mol. The fourth-order valence-electron chi connectivity index (χ4n) is 3.14. The molecule has 2 aromatic rings. The van der Waals surface area contributed by atoms with Crippen molar-refractivity contribution in [3.63, 3.8) is 0 Å². The van der Waals surface area contributed by atoms with E-state index in [0.29, 0.717) is 18.8 Å². The van der Waals surface area contributed by atoms with Crippen molar-refractivity contribution in [2.75, 3.05) is 38.8 Å². The van der Waals surface area contributed by atoms with Crippen LogP contribution in [0.25, 0.3) is 0 Å². The molecule has 2 aromatic carbocycles. The second-order valence-electron chi connectivity index (χ2n) is 6.00. The zero-order valence-electron chi connectivity index (χ0n) is 14.9. The van der Waals surface area contributed by atoms with Crippen molar-refractivity contribution in [1.82, 2.24) is 4.90 Å². The Morgan fingerprint density at radius 1 is 1.00 bits per heavy atom. The number of methoxy groups -OCH3 is 2. The van der Waals surface area contributed by atoms with Gasteiger partial charge in [0.15, 0.2) is 6.10 Å². The van der Waals surface area contributed by atoms with E-state index in [0.717, 1.165) is 11.3 Å². The summed E-state index contributed by atoms with van der Waals surface area (Å²) in [6.45, 7) is 0.870. The largest absolute Gasteiger partial charge is 0.495 e. The minimum Gasteiger partial charge on any atom is -0.495 e. The fourth-order valence-corrected chi connectivity index (χ4v) is 3.14. The van der Waals surface area contributed by atoms with Crippen LogP contribution in [-0.2, 0) is 14.3 Å². The molecule has 1 saturated heterocycles. The van der Waals surface area contributed by atoms with E-state index >= 15 is 0 Å². The smallest absolute Gasteiger partial charge is 0.256 e. The van der Waals surface area contributed by atoms with Gasteiger partial charge in [-0.25, -0.2) is 0 Å². The lowest BCUT2D eigenvalue weighted by molar-refractivity contribution is -0.146. The standard InChI is InChI=1S/C20H22N2O4/c1-25-17-11-7-6-10-16(17)22-13-12-21(14-18(22)23)20(24)19(26-2)15-8-4-3-5-9-15/h3-11,19H,12-14H2,1-2H3. The molecule has 0 aliphatic carbocycles. The Morgan fingerprint density at radius 3 is 2.35 bits per heavy atom. The molecule has 6 heteroatoms. The first-order valence-electron chi connectivity index (χ1n) is 8.45. The molecule has 1 fully saturated rings. The number of anilines is 1. The molecule has 1 unspecified atom stereocenters. The number of carbonyl (C=O) groups is 2. The van der Waals surface area contributed by atoms with E-state index < -0.39 is 6.10 Å². The topological polar surface area (TPSA) is 59.1 Å². The van der Waals surface area contributed by atoms with Gasteiger partial charge in [-0.15, -0.1) is 0 Å². The van der Waals surface area contributed by atoms with Crippen LogP contribution in [0.1, 0.15) is 11.7 Å². The summed E-state index contributed by atoms with van der Waals surface area (Å²) in [5.74, 6) is 0.295. The van der Waals surface area contributed by atoms with E-state index in [9.17, 15) is 9.59 Å². The maximum atomic E-state index is 12.8. The summed E-state index contributed by atoms with van der Waals surface area (Å²) in [6, 6.07) is 16.7. The Hall–Kier alpha value is -2.86. The molecule has 2 amide bonds. The maximum Gasteiger partial charge on any atom is 0.256 e. The third kappa shape index (κ3) is 3.55. The van der Waals surface area contributed by atoms with Crippen LogP contribution in [-0.4, -0.2) is 50.6 Å². The molecule has 1 aliphatic rings. The van der Waals surface area contributed by atoms with Crippen LogP contribution in [0.2, 0.25) is 0 Å². The number of para-hydroxylation sites is 2. The normalized spacial score (nSPS) is 15.7. The zero-order valence-corrected chi connectivity index (χ0v) is 14.9. The minimum absolute atomic E-state index is 0.0174. The van der Waals surface area contributed by atoms with Crippen molar-refractivity contribution in [2.45, 2.75) is 6.10 Å². The van der Waals surface area contributed by atoms with Crippen LogP contribution in [0, 0.1) is 0 Å². The van der Waals surface area contributed by atoms with Crippen LogP contribution in [0.3, 0.4) is 0 Å². The monoisotopic (exact) mass is 354 g/mol. The molecule has 6 nitrogen and oxygen atoms in total. The summed E-state index contributed by atoms with van der Waals surface area (Å²) in [7, 11) is 3.08. The Balaban J connectivity index is 1.74. The zero-order chi connectivity index (χ0) is 18.5. The summed E-state index contributed by atoms with van der Waals surface area (Å²) >= 11 is 0. The molecule has 0 bridgehead atoms. The van der Waals surface area contributed by atoms with Crippen molar-refractivity contribution in [3.8, 4) is 5.75 Å². The Bertz CT molecular complexity index is 778. The SMILES string of the molecule is COc1ccccc1N1CCN(C(=O)C(OC)c2ccccc2)CC1=O. The van der Waals surface area contributed by atoms with E-state index in [1.54, 1.807) is 16.9 Å². The lowest BCUT2D eigenvalue weighted by atomic mass is 10.1. The number of ether oxygens (including phenoxy) is 2. The van der Waals surface area contributed by atoms with Gasteiger partial charge in [-0.05, 0) is 17.7 Å². The van der Waals surface area contributed by atoms with E-state index in [4.69, 9.17) is 9.47 Å². The summed E-state index contributed by atoms with van der Waals surface area (Å²) in [5, 5.41) is 0. The maximum absolute atomic E-state index is 12.8. The Kier molecular flexibility index (Phi) is 5.53. The number of nitrogens with zero attached hydrogens (tertiary/aromatic N) is 2. The number of rotatable bonds is 5. The molecule has 0 radical (unpaired) electrons. The van der Waals surface area contributed by atoms with Gasteiger partial charge < -0.3 is 19.3 Å². The molecule has 0 N–H and O–H groups in total. The van der Waals surface area contributed by atoms with Crippen LogP contribution in [0.15, 0.2) is 54.6 Å². The lowest BCUT2D eigenvalue weighted by Gasteiger charge is -2.36. The average molecular weight is 354 g/mol. The first-order chi connectivity index (χ1) is 12.7. The highest BCUT2D eigenvalue weighted by Crippen LogP contribution is 2.29. The first-order valence-corrected chi connectivity index (χ1v) is 8.45. The Morgan fingerprint density at radius 2 is 1.69 bits per heavy atom. The minimum atomic E-state index is -0.707. The van der Waals surface area contributed by atoms with Crippen molar-refractivity contribution in [3.05, 3.63) is 60.2 Å². The van der Waals surface area contributed by atoms with Crippen molar-refractivity contribution in [1.29, 1.82) is 0 Å². The van der Waals surface area contributed by atoms with Gasteiger partial charge in [-0.2, -0.15) is 0 Å². The van der Waals surface area contributed by atoms with E-state index in [1.165, 1.54) is 7.11 Å². The van der Waals surface area contributed by atoms with Gasteiger partial charge in [0.05, 0.1) is 12.8 Å². The van der Waals surface area contributed by atoms with E-state index in [2.05, 4.69) is 0 Å². The van der Waals surface area contributed by atoms with Crippen LogP contribution >= 0.6 is 0 Å². The number of hydrogen-bond donors (Lipinski definition) is 0. The van der Waals surface area contributed by atoms with Gasteiger partial charge in [0.2, 0.25) is 5.91 Å². The molecular weight excluding hydrogens is 332 g/mol. The molecule has 0 saturated carbocycles. The van der Waals surface area contributed by atoms with Crippen molar-refractivity contribution in [2.24, 2.45) is 0 Å². The summed E-state index contributed by atoms with van der Waals surface area (Å²) in [4.78, 5) is 28.7. The van der Waals surface area contributed by atoms with Gasteiger partial charge in [0.1, 0.15) is 12.3 Å². The van der Waals surface area contributed by atoms with Gasteiger partial charge in [0, 0.05) is 20.2 Å². The molecule has 1 atom stereocenters. The average Bonchev–Trinajstić information content (AvgIpc) is 2.69. The summed E-state index contributed by atoms with van der Waals surface area (Å²) in [6.07, 6.45) is -0.707. The van der Waals surface area contributed by atoms with E-state index in [-0.39, 0.29) is 18.4 Å². The third-order valence-corrected chi connectivity index (χ3v) is 4.47. The van der Waals surface area contributed by atoms with Crippen LogP contribution in [0.4, 0.5) is 5.69 Å². The quantitative estimate of drug-likeness (QED) is 0.826. The number of amides is 2. The Labute approximate surface area is 152 Å². The van der Waals surface area contributed by atoms with Gasteiger partial charge in [0.25, 0.3) is 5.91 Å². The highest BCUT2D eigenvalue weighted by atomic mass is 16.5. The molecule has 26 heavy (non-hydrogen) atoms. The first kappa shape index (κ1) is 17.9.